The van der Waals surface area contributed by atoms with Crippen LogP contribution >= 0.6 is 0 Å². The Balaban J connectivity index is 1.33. The molecule has 3 aliphatic rings. The van der Waals surface area contributed by atoms with Crippen LogP contribution in [0.4, 0.5) is 5.82 Å². The molecule has 0 unspecified atom stereocenters. The summed E-state index contributed by atoms with van der Waals surface area (Å²) in [5.41, 5.74) is -0.138. The van der Waals surface area contributed by atoms with Crippen molar-refractivity contribution in [2.45, 2.75) is 44.2 Å². The maximum atomic E-state index is 12.2. The number of ether oxygens (including phenoxy) is 1. The summed E-state index contributed by atoms with van der Waals surface area (Å²) >= 11 is 0. The van der Waals surface area contributed by atoms with E-state index in [1.165, 1.54) is 0 Å². The van der Waals surface area contributed by atoms with Crippen LogP contribution in [0.25, 0.3) is 0 Å². The molecule has 3 aliphatic heterocycles. The Morgan fingerprint density at radius 1 is 1.14 bits per heavy atom. The lowest BCUT2D eigenvalue weighted by molar-refractivity contribution is -0.127. The summed E-state index contributed by atoms with van der Waals surface area (Å²) in [6, 6.07) is 6.62. The molecular weight excluding hydrogens is 376 g/mol. The predicted octanol–water partition coefficient (Wildman–Crippen LogP) is 1.57. The first-order valence-corrected chi connectivity index (χ1v) is 12.1. The largest absolute Gasteiger partial charge is 0.375 e. The van der Waals surface area contributed by atoms with Crippen molar-refractivity contribution in [3.05, 3.63) is 24.4 Å². The van der Waals surface area contributed by atoms with E-state index >= 15 is 0 Å². The van der Waals surface area contributed by atoms with E-state index in [-0.39, 0.29) is 11.4 Å². The molecule has 1 aromatic rings. The third-order valence-corrected chi connectivity index (χ3v) is 8.54. The van der Waals surface area contributed by atoms with Gasteiger partial charge < -0.3 is 9.64 Å². The number of anilines is 1. The topological polar surface area (TPSA) is 66.0 Å². The van der Waals surface area contributed by atoms with Gasteiger partial charge in [0.2, 0.25) is 10.0 Å². The number of piperidine rings is 1. The second kappa shape index (κ2) is 8.26. The normalized spacial score (nSPS) is 27.2. The van der Waals surface area contributed by atoms with Crippen molar-refractivity contribution in [3.8, 4) is 0 Å². The van der Waals surface area contributed by atoms with Crippen LogP contribution in [0.1, 0.15) is 32.6 Å². The molecule has 7 nitrogen and oxygen atoms in total. The zero-order valence-corrected chi connectivity index (χ0v) is 17.6. The third kappa shape index (κ3) is 4.20. The molecule has 0 aliphatic carbocycles. The van der Waals surface area contributed by atoms with Gasteiger partial charge in [0.1, 0.15) is 5.82 Å². The maximum Gasteiger partial charge on any atom is 0.213 e. The van der Waals surface area contributed by atoms with Crippen LogP contribution in [0.15, 0.2) is 24.4 Å². The highest BCUT2D eigenvalue weighted by molar-refractivity contribution is 7.89. The molecule has 4 heterocycles. The van der Waals surface area contributed by atoms with Crippen LogP contribution in [-0.2, 0) is 14.8 Å². The van der Waals surface area contributed by atoms with Crippen molar-refractivity contribution in [1.29, 1.82) is 0 Å². The van der Waals surface area contributed by atoms with E-state index in [0.717, 1.165) is 64.3 Å². The van der Waals surface area contributed by atoms with Gasteiger partial charge in [-0.15, -0.1) is 0 Å². The molecule has 0 saturated carbocycles. The van der Waals surface area contributed by atoms with Crippen molar-refractivity contribution in [1.82, 2.24) is 14.2 Å². The van der Waals surface area contributed by atoms with Crippen LogP contribution in [0.2, 0.25) is 0 Å². The zero-order chi connectivity index (χ0) is 19.6. The fraction of sp³-hybridized carbons (Fsp3) is 0.750. The molecule has 0 amide bonds. The molecule has 0 radical (unpaired) electrons. The first-order valence-electron chi connectivity index (χ1n) is 10.5. The van der Waals surface area contributed by atoms with Gasteiger partial charge in [0, 0.05) is 58.1 Å². The number of rotatable bonds is 4. The lowest BCUT2D eigenvalue weighted by Gasteiger charge is -2.49. The molecule has 0 aromatic carbocycles. The van der Waals surface area contributed by atoms with Gasteiger partial charge in [-0.05, 0) is 44.7 Å². The molecule has 4 rings (SSSR count). The average molecular weight is 409 g/mol. The van der Waals surface area contributed by atoms with Crippen LogP contribution < -0.4 is 4.90 Å². The van der Waals surface area contributed by atoms with Crippen molar-refractivity contribution >= 4 is 15.8 Å². The third-order valence-electron chi connectivity index (χ3n) is 6.66. The Hall–Kier alpha value is -1.22. The fourth-order valence-corrected chi connectivity index (χ4v) is 5.98. The minimum Gasteiger partial charge on any atom is -0.375 e. The molecule has 1 spiro atoms. The number of sulfonamides is 1. The van der Waals surface area contributed by atoms with E-state index in [0.29, 0.717) is 19.1 Å². The minimum atomic E-state index is -3.09. The molecule has 3 fully saturated rings. The highest BCUT2D eigenvalue weighted by Crippen LogP contribution is 2.37. The Morgan fingerprint density at radius 3 is 2.54 bits per heavy atom. The smallest absolute Gasteiger partial charge is 0.213 e. The van der Waals surface area contributed by atoms with Gasteiger partial charge in [0.25, 0.3) is 0 Å². The van der Waals surface area contributed by atoms with Crippen molar-refractivity contribution < 1.29 is 13.2 Å². The number of pyridine rings is 1. The molecule has 28 heavy (non-hydrogen) atoms. The summed E-state index contributed by atoms with van der Waals surface area (Å²) in [6.45, 7) is 7.80. The minimum absolute atomic E-state index is 0.138. The van der Waals surface area contributed by atoms with Crippen LogP contribution in [0, 0.1) is 0 Å². The molecular formula is C20H32N4O3S. The highest BCUT2D eigenvalue weighted by Gasteiger charge is 2.43. The summed E-state index contributed by atoms with van der Waals surface area (Å²) in [5, 5.41) is 0. The first-order chi connectivity index (χ1) is 13.5. The highest BCUT2D eigenvalue weighted by atomic mass is 32.2. The van der Waals surface area contributed by atoms with Gasteiger partial charge in [0.05, 0.1) is 11.4 Å². The van der Waals surface area contributed by atoms with Crippen molar-refractivity contribution in [2.75, 3.05) is 56.5 Å². The maximum absolute atomic E-state index is 12.2. The monoisotopic (exact) mass is 408 g/mol. The molecule has 1 atom stereocenters. The summed E-state index contributed by atoms with van der Waals surface area (Å²) in [7, 11) is -3.09. The molecule has 156 valence electrons. The molecule has 0 bridgehead atoms. The van der Waals surface area contributed by atoms with Gasteiger partial charge in [-0.25, -0.2) is 17.7 Å². The second-order valence-corrected chi connectivity index (χ2v) is 10.4. The molecule has 1 aromatic heterocycles. The van der Waals surface area contributed by atoms with E-state index in [1.807, 2.05) is 18.3 Å². The molecule has 3 saturated heterocycles. The number of hydrogen-bond acceptors (Lipinski definition) is 6. The van der Waals surface area contributed by atoms with Crippen LogP contribution in [0.5, 0.6) is 0 Å². The number of nitrogens with zero attached hydrogens (tertiary/aromatic N) is 4. The Bertz CT molecular complexity index is 742. The second-order valence-electron chi connectivity index (χ2n) is 8.19. The Kier molecular flexibility index (Phi) is 5.92. The Morgan fingerprint density at radius 2 is 1.89 bits per heavy atom. The standard InChI is InChI=1S/C20H32N4O3S/c1-2-28(25,26)24-10-7-20(8-11-24)17-18(6-16-27-20)22-12-14-23(15-13-22)19-5-3-4-9-21-19/h3-5,9,18H,2,6-8,10-17H2,1H3/t18-/m1/s1. The van der Waals surface area contributed by atoms with Gasteiger partial charge >= 0.3 is 0 Å². The van der Waals surface area contributed by atoms with E-state index in [9.17, 15) is 8.42 Å². The zero-order valence-electron chi connectivity index (χ0n) is 16.8. The van der Waals surface area contributed by atoms with Crippen LogP contribution in [-0.4, -0.2) is 85.9 Å². The van der Waals surface area contributed by atoms with Gasteiger partial charge in [0.15, 0.2) is 0 Å². The lowest BCUT2D eigenvalue weighted by Crippen LogP contribution is -2.57. The van der Waals surface area contributed by atoms with Crippen LogP contribution in [0.3, 0.4) is 0 Å². The summed E-state index contributed by atoms with van der Waals surface area (Å²) in [4.78, 5) is 9.45. The van der Waals surface area contributed by atoms with Crippen molar-refractivity contribution in [2.24, 2.45) is 0 Å². The predicted molar refractivity (Wildman–Crippen MR) is 110 cm³/mol. The van der Waals surface area contributed by atoms with E-state index < -0.39 is 10.0 Å². The van der Waals surface area contributed by atoms with Gasteiger partial charge in [-0.2, -0.15) is 0 Å². The van der Waals surface area contributed by atoms with Crippen molar-refractivity contribution in [3.63, 3.8) is 0 Å². The van der Waals surface area contributed by atoms with E-state index in [4.69, 9.17) is 4.74 Å². The number of hydrogen-bond donors (Lipinski definition) is 0. The van der Waals surface area contributed by atoms with Gasteiger partial charge in [-0.1, -0.05) is 6.07 Å². The number of piperazine rings is 1. The van der Waals surface area contributed by atoms with Gasteiger partial charge in [-0.3, -0.25) is 4.90 Å². The fourth-order valence-electron chi connectivity index (χ4n) is 4.87. The Labute approximate surface area is 168 Å². The SMILES string of the molecule is CCS(=O)(=O)N1CCC2(CC1)C[C@H](N1CCN(c3ccccn3)CC1)CCO2. The summed E-state index contributed by atoms with van der Waals surface area (Å²) < 4.78 is 32.2. The van der Waals surface area contributed by atoms with E-state index in [1.54, 1.807) is 11.2 Å². The average Bonchev–Trinajstić information content (AvgIpc) is 2.75. The molecule has 8 heteroatoms. The summed E-state index contributed by atoms with van der Waals surface area (Å²) in [5.74, 6) is 1.25. The first kappa shape index (κ1) is 20.1. The quantitative estimate of drug-likeness (QED) is 0.753. The van der Waals surface area contributed by atoms with E-state index in [2.05, 4.69) is 20.9 Å². The lowest BCUT2D eigenvalue weighted by atomic mass is 9.82. The summed E-state index contributed by atoms with van der Waals surface area (Å²) in [6.07, 6.45) is 5.58. The number of aromatic nitrogens is 1. The molecule has 0 N–H and O–H groups in total.